The molecule has 1 aliphatic heterocycles. The van der Waals surface area contributed by atoms with Gasteiger partial charge in [0, 0.05) is 19.1 Å². The number of hydrogen-bond acceptors (Lipinski definition) is 6. The van der Waals surface area contributed by atoms with Crippen molar-refractivity contribution in [3.63, 3.8) is 0 Å². The highest BCUT2D eigenvalue weighted by Gasteiger charge is 2.20. The van der Waals surface area contributed by atoms with Crippen molar-refractivity contribution in [2.75, 3.05) is 37.8 Å². The molecule has 2 aromatic rings. The molecule has 140 valence electrons. The molecule has 0 unspecified atom stereocenters. The SMILES string of the molecule is CCC(CC)NC(=O)COc1nc2ccccc2nc1N1CCOCC1. The van der Waals surface area contributed by atoms with Gasteiger partial charge < -0.3 is 19.7 Å². The Morgan fingerprint density at radius 2 is 1.85 bits per heavy atom. The summed E-state index contributed by atoms with van der Waals surface area (Å²) in [6.07, 6.45) is 1.80. The molecule has 1 N–H and O–H groups in total. The number of nitrogens with zero attached hydrogens (tertiary/aromatic N) is 3. The Hall–Kier alpha value is -2.41. The Morgan fingerprint density at radius 3 is 2.50 bits per heavy atom. The van der Waals surface area contributed by atoms with Crippen LogP contribution in [0.5, 0.6) is 5.88 Å². The number of ether oxygens (including phenoxy) is 2. The minimum absolute atomic E-state index is 0.0686. The smallest absolute Gasteiger partial charge is 0.258 e. The molecule has 1 aromatic carbocycles. The third kappa shape index (κ3) is 4.40. The van der Waals surface area contributed by atoms with Gasteiger partial charge in [-0.15, -0.1) is 0 Å². The molecule has 1 amide bonds. The lowest BCUT2D eigenvalue weighted by molar-refractivity contribution is -0.123. The van der Waals surface area contributed by atoms with Gasteiger partial charge in [-0.3, -0.25) is 4.79 Å². The van der Waals surface area contributed by atoms with Gasteiger partial charge in [-0.05, 0) is 25.0 Å². The number of morpholine rings is 1. The van der Waals surface area contributed by atoms with Crippen LogP contribution in [0.2, 0.25) is 0 Å². The topological polar surface area (TPSA) is 76.6 Å². The number of amides is 1. The van der Waals surface area contributed by atoms with E-state index >= 15 is 0 Å². The molecular formula is C19H26N4O3. The van der Waals surface area contributed by atoms with E-state index in [4.69, 9.17) is 14.5 Å². The Morgan fingerprint density at radius 1 is 1.19 bits per heavy atom. The predicted octanol–water partition coefficient (Wildman–Crippen LogP) is 2.15. The number of aromatic nitrogens is 2. The molecule has 0 saturated carbocycles. The van der Waals surface area contributed by atoms with E-state index in [1.807, 2.05) is 24.3 Å². The van der Waals surface area contributed by atoms with Crippen molar-refractivity contribution >= 4 is 22.8 Å². The molecule has 0 radical (unpaired) electrons. The fourth-order valence-corrected chi connectivity index (χ4v) is 2.95. The largest absolute Gasteiger partial charge is 0.465 e. The van der Waals surface area contributed by atoms with Crippen LogP contribution in [-0.4, -0.2) is 54.8 Å². The zero-order valence-electron chi connectivity index (χ0n) is 15.4. The molecule has 0 aliphatic carbocycles. The van der Waals surface area contributed by atoms with Crippen LogP contribution in [0, 0.1) is 0 Å². The van der Waals surface area contributed by atoms with Gasteiger partial charge in [0.2, 0.25) is 0 Å². The fourth-order valence-electron chi connectivity index (χ4n) is 2.95. The molecular weight excluding hydrogens is 332 g/mol. The number of carbonyl (C=O) groups excluding carboxylic acids is 1. The summed E-state index contributed by atoms with van der Waals surface area (Å²) in [6.45, 7) is 6.78. The summed E-state index contributed by atoms with van der Waals surface area (Å²) in [7, 11) is 0. The monoisotopic (exact) mass is 358 g/mol. The van der Waals surface area contributed by atoms with Crippen molar-refractivity contribution in [2.24, 2.45) is 0 Å². The second-order valence-corrected chi connectivity index (χ2v) is 6.31. The number of rotatable bonds is 7. The third-order valence-electron chi connectivity index (χ3n) is 4.52. The predicted molar refractivity (Wildman–Crippen MR) is 101 cm³/mol. The number of para-hydroxylation sites is 2. The van der Waals surface area contributed by atoms with Gasteiger partial charge in [-0.25, -0.2) is 9.97 Å². The minimum Gasteiger partial charge on any atom is -0.465 e. The van der Waals surface area contributed by atoms with Gasteiger partial charge >= 0.3 is 0 Å². The molecule has 1 fully saturated rings. The summed E-state index contributed by atoms with van der Waals surface area (Å²) in [6, 6.07) is 7.84. The van der Waals surface area contributed by atoms with Crippen molar-refractivity contribution < 1.29 is 14.3 Å². The van der Waals surface area contributed by atoms with E-state index in [1.54, 1.807) is 0 Å². The summed E-state index contributed by atoms with van der Waals surface area (Å²) in [5.41, 5.74) is 1.56. The van der Waals surface area contributed by atoms with Crippen LogP contribution in [0.4, 0.5) is 5.82 Å². The average molecular weight is 358 g/mol. The number of fused-ring (bicyclic) bond motifs is 1. The summed E-state index contributed by atoms with van der Waals surface area (Å²) in [5, 5.41) is 2.98. The van der Waals surface area contributed by atoms with Crippen LogP contribution in [0.25, 0.3) is 11.0 Å². The molecule has 2 heterocycles. The normalized spacial score (nSPS) is 14.7. The van der Waals surface area contributed by atoms with Crippen molar-refractivity contribution in [2.45, 2.75) is 32.7 Å². The molecule has 1 aromatic heterocycles. The molecule has 7 nitrogen and oxygen atoms in total. The highest BCUT2D eigenvalue weighted by Crippen LogP contribution is 2.27. The van der Waals surface area contributed by atoms with Crippen LogP contribution in [0.15, 0.2) is 24.3 Å². The van der Waals surface area contributed by atoms with Gasteiger partial charge in [0.05, 0.1) is 24.2 Å². The Balaban J connectivity index is 1.79. The molecule has 7 heteroatoms. The first kappa shape index (κ1) is 18.4. The minimum atomic E-state index is -0.137. The Labute approximate surface area is 153 Å². The lowest BCUT2D eigenvalue weighted by atomic mass is 10.2. The van der Waals surface area contributed by atoms with E-state index in [0.29, 0.717) is 24.9 Å². The van der Waals surface area contributed by atoms with Crippen LogP contribution in [0.1, 0.15) is 26.7 Å². The highest BCUT2D eigenvalue weighted by molar-refractivity contribution is 5.79. The quantitative estimate of drug-likeness (QED) is 0.817. The number of nitrogens with one attached hydrogen (secondary N) is 1. The van der Waals surface area contributed by atoms with Crippen molar-refractivity contribution in [3.05, 3.63) is 24.3 Å². The zero-order valence-corrected chi connectivity index (χ0v) is 15.4. The van der Waals surface area contributed by atoms with Crippen LogP contribution in [0.3, 0.4) is 0 Å². The maximum Gasteiger partial charge on any atom is 0.258 e. The maximum absolute atomic E-state index is 12.2. The Kier molecular flexibility index (Phi) is 6.22. The molecule has 0 atom stereocenters. The number of carbonyl (C=O) groups is 1. The molecule has 26 heavy (non-hydrogen) atoms. The van der Waals surface area contributed by atoms with E-state index in [9.17, 15) is 4.79 Å². The van der Waals surface area contributed by atoms with Crippen molar-refractivity contribution in [1.82, 2.24) is 15.3 Å². The van der Waals surface area contributed by atoms with Crippen LogP contribution in [-0.2, 0) is 9.53 Å². The molecule has 1 saturated heterocycles. The maximum atomic E-state index is 12.2. The summed E-state index contributed by atoms with van der Waals surface area (Å²) < 4.78 is 11.2. The number of anilines is 1. The van der Waals surface area contributed by atoms with E-state index in [2.05, 4.69) is 29.0 Å². The van der Waals surface area contributed by atoms with E-state index in [-0.39, 0.29) is 18.6 Å². The zero-order chi connectivity index (χ0) is 18.4. The number of benzene rings is 1. The van der Waals surface area contributed by atoms with Crippen LogP contribution >= 0.6 is 0 Å². The fraction of sp³-hybridized carbons (Fsp3) is 0.526. The van der Waals surface area contributed by atoms with E-state index < -0.39 is 0 Å². The van der Waals surface area contributed by atoms with Crippen molar-refractivity contribution in [1.29, 1.82) is 0 Å². The van der Waals surface area contributed by atoms with Gasteiger partial charge in [0.1, 0.15) is 0 Å². The van der Waals surface area contributed by atoms with E-state index in [0.717, 1.165) is 37.0 Å². The summed E-state index contributed by atoms with van der Waals surface area (Å²) in [4.78, 5) is 23.6. The lowest BCUT2D eigenvalue weighted by Gasteiger charge is -2.28. The molecule has 1 aliphatic rings. The summed E-state index contributed by atoms with van der Waals surface area (Å²) in [5.74, 6) is 0.925. The molecule has 0 bridgehead atoms. The standard InChI is InChI=1S/C19H26N4O3/c1-3-14(4-2)20-17(24)13-26-19-18(23-9-11-25-12-10-23)21-15-7-5-6-8-16(15)22-19/h5-8,14H,3-4,9-13H2,1-2H3,(H,20,24). The highest BCUT2D eigenvalue weighted by atomic mass is 16.5. The molecule has 0 spiro atoms. The third-order valence-corrected chi connectivity index (χ3v) is 4.52. The first-order valence-corrected chi connectivity index (χ1v) is 9.23. The van der Waals surface area contributed by atoms with Gasteiger partial charge in [0.25, 0.3) is 11.8 Å². The second-order valence-electron chi connectivity index (χ2n) is 6.31. The first-order chi connectivity index (χ1) is 12.7. The average Bonchev–Trinajstić information content (AvgIpc) is 2.70. The van der Waals surface area contributed by atoms with Gasteiger partial charge in [-0.1, -0.05) is 26.0 Å². The first-order valence-electron chi connectivity index (χ1n) is 9.23. The Bertz CT molecular complexity index is 743. The van der Waals surface area contributed by atoms with Crippen molar-refractivity contribution in [3.8, 4) is 5.88 Å². The van der Waals surface area contributed by atoms with E-state index in [1.165, 1.54) is 0 Å². The van der Waals surface area contributed by atoms with Gasteiger partial charge in [-0.2, -0.15) is 0 Å². The number of hydrogen-bond donors (Lipinski definition) is 1. The second kappa shape index (κ2) is 8.80. The van der Waals surface area contributed by atoms with Gasteiger partial charge in [0.15, 0.2) is 12.4 Å². The molecule has 3 rings (SSSR count). The van der Waals surface area contributed by atoms with Crippen LogP contribution < -0.4 is 15.0 Å². The summed E-state index contributed by atoms with van der Waals surface area (Å²) >= 11 is 0. The lowest BCUT2D eigenvalue weighted by Crippen LogP contribution is -2.38.